The van der Waals surface area contributed by atoms with Crippen LogP contribution in [0.5, 0.6) is 11.5 Å². The number of nitrogens with zero attached hydrogens (tertiary/aromatic N) is 3. The third kappa shape index (κ3) is 2.28. The summed E-state index contributed by atoms with van der Waals surface area (Å²) in [6.45, 7) is 5.59. The summed E-state index contributed by atoms with van der Waals surface area (Å²) in [7, 11) is 0. The number of aromatic hydroxyl groups is 1. The molecule has 1 N–H and O–H groups in total. The van der Waals surface area contributed by atoms with Crippen LogP contribution >= 0.6 is 0 Å². The highest BCUT2D eigenvalue weighted by Gasteiger charge is 2.38. The molecule has 1 amide bonds. The molecule has 0 spiro atoms. The Morgan fingerprint density at radius 2 is 2.17 bits per heavy atom. The molecule has 2 aliphatic heterocycles. The standard InChI is InChI=1S/C17H19N3O4/c1-10(2)13-9-24-17(22)20(13)15-8-19-5-6-23-14-7-11(21)3-4-12(14)16(19)18-15/h3-4,7-8,10,13,21H,5-6,9H2,1-2H3. The lowest BCUT2D eigenvalue weighted by atomic mass is 10.1. The first-order chi connectivity index (χ1) is 11.5. The smallest absolute Gasteiger partial charge is 0.415 e. The topological polar surface area (TPSA) is 76.8 Å². The number of phenols is 1. The Labute approximate surface area is 139 Å². The number of rotatable bonds is 2. The predicted octanol–water partition coefficient (Wildman–Crippen LogP) is 2.63. The van der Waals surface area contributed by atoms with Crippen LogP contribution in [-0.2, 0) is 11.3 Å². The van der Waals surface area contributed by atoms with E-state index in [9.17, 15) is 9.90 Å². The minimum absolute atomic E-state index is 0.0211. The number of fused-ring (bicyclic) bond motifs is 3. The molecule has 24 heavy (non-hydrogen) atoms. The first-order valence-electron chi connectivity index (χ1n) is 8.04. The van der Waals surface area contributed by atoms with E-state index in [2.05, 4.69) is 18.8 Å². The van der Waals surface area contributed by atoms with Crippen LogP contribution in [0.25, 0.3) is 11.4 Å². The third-order valence-electron chi connectivity index (χ3n) is 4.48. The molecule has 1 aromatic carbocycles. The van der Waals surface area contributed by atoms with E-state index in [1.807, 2.05) is 10.8 Å². The first kappa shape index (κ1) is 14.9. The molecule has 2 aliphatic rings. The van der Waals surface area contributed by atoms with E-state index in [1.165, 1.54) is 0 Å². The Morgan fingerprint density at radius 3 is 2.96 bits per heavy atom. The van der Waals surface area contributed by atoms with Crippen molar-refractivity contribution in [2.24, 2.45) is 5.92 Å². The van der Waals surface area contributed by atoms with Gasteiger partial charge in [-0.15, -0.1) is 0 Å². The Hall–Kier alpha value is -2.70. The van der Waals surface area contributed by atoms with E-state index in [4.69, 9.17) is 9.47 Å². The molecule has 1 aromatic heterocycles. The lowest BCUT2D eigenvalue weighted by Crippen LogP contribution is -2.37. The van der Waals surface area contributed by atoms with Crippen molar-refractivity contribution in [2.45, 2.75) is 26.4 Å². The summed E-state index contributed by atoms with van der Waals surface area (Å²) in [6.07, 6.45) is 1.51. The number of phenolic OH excluding ortho intramolecular Hbond substituents is 1. The van der Waals surface area contributed by atoms with E-state index in [0.717, 1.165) is 11.4 Å². The molecular weight excluding hydrogens is 310 g/mol. The molecule has 2 aromatic rings. The quantitative estimate of drug-likeness (QED) is 0.916. The second kappa shape index (κ2) is 5.43. The molecule has 7 nitrogen and oxygen atoms in total. The molecule has 0 bridgehead atoms. The number of hydrogen-bond acceptors (Lipinski definition) is 5. The van der Waals surface area contributed by atoms with Crippen molar-refractivity contribution in [1.82, 2.24) is 9.55 Å². The molecule has 1 fully saturated rings. The van der Waals surface area contributed by atoms with Gasteiger partial charge in [-0.05, 0) is 18.1 Å². The molecule has 1 atom stereocenters. The first-order valence-corrected chi connectivity index (χ1v) is 8.04. The average Bonchev–Trinajstić information content (AvgIpc) is 3.07. The summed E-state index contributed by atoms with van der Waals surface area (Å²) in [6, 6.07) is 4.95. The van der Waals surface area contributed by atoms with Crippen molar-refractivity contribution in [3.05, 3.63) is 24.4 Å². The molecule has 0 aliphatic carbocycles. The Kier molecular flexibility index (Phi) is 3.37. The molecular formula is C17H19N3O4. The highest BCUT2D eigenvalue weighted by molar-refractivity contribution is 5.89. The van der Waals surface area contributed by atoms with Crippen molar-refractivity contribution in [3.8, 4) is 22.9 Å². The van der Waals surface area contributed by atoms with E-state index >= 15 is 0 Å². The van der Waals surface area contributed by atoms with Gasteiger partial charge in [0, 0.05) is 12.3 Å². The number of imidazole rings is 1. The lowest BCUT2D eigenvalue weighted by molar-refractivity contribution is 0.177. The highest BCUT2D eigenvalue weighted by Crippen LogP contribution is 2.37. The Bertz CT molecular complexity index is 799. The van der Waals surface area contributed by atoms with Gasteiger partial charge in [0.15, 0.2) is 5.82 Å². The van der Waals surface area contributed by atoms with Gasteiger partial charge in [-0.25, -0.2) is 9.78 Å². The SMILES string of the molecule is CC(C)C1COC(=O)N1c1cn2c(n1)-c1ccc(O)cc1OCC2. The van der Waals surface area contributed by atoms with Crippen LogP contribution in [0.4, 0.5) is 10.6 Å². The maximum absolute atomic E-state index is 12.2. The number of cyclic esters (lactones) is 1. The van der Waals surface area contributed by atoms with Crippen LogP contribution in [0.1, 0.15) is 13.8 Å². The van der Waals surface area contributed by atoms with Gasteiger partial charge in [0.2, 0.25) is 0 Å². The Balaban J connectivity index is 1.79. The van der Waals surface area contributed by atoms with Crippen molar-refractivity contribution >= 4 is 11.9 Å². The molecule has 3 heterocycles. The van der Waals surface area contributed by atoms with Crippen LogP contribution in [0.2, 0.25) is 0 Å². The number of carbonyl (C=O) groups excluding carboxylic acids is 1. The summed E-state index contributed by atoms with van der Waals surface area (Å²) < 4.78 is 12.9. The van der Waals surface area contributed by atoms with Gasteiger partial charge in [-0.3, -0.25) is 4.90 Å². The summed E-state index contributed by atoms with van der Waals surface area (Å²) in [4.78, 5) is 18.5. The van der Waals surface area contributed by atoms with Crippen LogP contribution in [-0.4, -0.2) is 40.0 Å². The number of ether oxygens (including phenoxy) is 2. The largest absolute Gasteiger partial charge is 0.508 e. The van der Waals surface area contributed by atoms with E-state index < -0.39 is 0 Å². The summed E-state index contributed by atoms with van der Waals surface area (Å²) in [5, 5.41) is 9.66. The average molecular weight is 329 g/mol. The number of hydrogen-bond donors (Lipinski definition) is 1. The van der Waals surface area contributed by atoms with Gasteiger partial charge < -0.3 is 19.1 Å². The van der Waals surface area contributed by atoms with Gasteiger partial charge in [-0.1, -0.05) is 13.8 Å². The van der Waals surface area contributed by atoms with Gasteiger partial charge in [-0.2, -0.15) is 0 Å². The van der Waals surface area contributed by atoms with Crippen molar-refractivity contribution < 1.29 is 19.4 Å². The lowest BCUT2D eigenvalue weighted by Gasteiger charge is -2.21. The third-order valence-corrected chi connectivity index (χ3v) is 4.48. The molecule has 1 unspecified atom stereocenters. The van der Waals surface area contributed by atoms with Gasteiger partial charge in [0.05, 0.1) is 18.2 Å². The zero-order chi connectivity index (χ0) is 16.8. The molecule has 0 saturated carbocycles. The fourth-order valence-corrected chi connectivity index (χ4v) is 3.16. The summed E-state index contributed by atoms with van der Waals surface area (Å²) in [5.74, 6) is 2.32. The molecule has 7 heteroatoms. The second-order valence-corrected chi connectivity index (χ2v) is 6.40. The van der Waals surface area contributed by atoms with E-state index in [0.29, 0.717) is 31.3 Å². The minimum Gasteiger partial charge on any atom is -0.508 e. The number of amides is 1. The maximum atomic E-state index is 12.2. The van der Waals surface area contributed by atoms with Gasteiger partial charge >= 0.3 is 6.09 Å². The van der Waals surface area contributed by atoms with Crippen LogP contribution in [0.15, 0.2) is 24.4 Å². The van der Waals surface area contributed by atoms with Crippen LogP contribution < -0.4 is 9.64 Å². The maximum Gasteiger partial charge on any atom is 0.415 e. The van der Waals surface area contributed by atoms with Crippen LogP contribution in [0, 0.1) is 5.92 Å². The zero-order valence-corrected chi connectivity index (χ0v) is 13.6. The summed E-state index contributed by atoms with van der Waals surface area (Å²) >= 11 is 0. The van der Waals surface area contributed by atoms with Gasteiger partial charge in [0.25, 0.3) is 0 Å². The van der Waals surface area contributed by atoms with E-state index in [1.54, 1.807) is 23.1 Å². The fourth-order valence-electron chi connectivity index (χ4n) is 3.16. The van der Waals surface area contributed by atoms with Gasteiger partial charge in [0.1, 0.15) is 30.5 Å². The molecule has 4 rings (SSSR count). The second-order valence-electron chi connectivity index (χ2n) is 6.40. The molecule has 0 radical (unpaired) electrons. The Morgan fingerprint density at radius 1 is 1.33 bits per heavy atom. The fraction of sp³-hybridized carbons (Fsp3) is 0.412. The zero-order valence-electron chi connectivity index (χ0n) is 13.6. The van der Waals surface area contributed by atoms with Crippen molar-refractivity contribution in [3.63, 3.8) is 0 Å². The number of anilines is 1. The number of benzene rings is 1. The molecule has 1 saturated heterocycles. The van der Waals surface area contributed by atoms with Crippen LogP contribution in [0.3, 0.4) is 0 Å². The molecule has 126 valence electrons. The number of carbonyl (C=O) groups is 1. The van der Waals surface area contributed by atoms with E-state index in [-0.39, 0.29) is 23.8 Å². The highest BCUT2D eigenvalue weighted by atomic mass is 16.6. The minimum atomic E-state index is -0.357. The predicted molar refractivity (Wildman–Crippen MR) is 87.3 cm³/mol. The number of aromatic nitrogens is 2. The summed E-state index contributed by atoms with van der Waals surface area (Å²) in [5.41, 5.74) is 0.796. The van der Waals surface area contributed by atoms with Crippen molar-refractivity contribution in [2.75, 3.05) is 18.1 Å². The monoisotopic (exact) mass is 329 g/mol. The normalized spacial score (nSPS) is 19.5. The van der Waals surface area contributed by atoms with Crippen molar-refractivity contribution in [1.29, 1.82) is 0 Å².